The summed E-state index contributed by atoms with van der Waals surface area (Å²) in [5.41, 5.74) is 2.51. The largest absolute Gasteiger partial charge is 0.423 e. The van der Waals surface area contributed by atoms with Gasteiger partial charge in [0.2, 0.25) is 18.2 Å². The van der Waals surface area contributed by atoms with Crippen LogP contribution in [0.2, 0.25) is 0 Å². The Kier molecular flexibility index (Phi) is 4.73. The van der Waals surface area contributed by atoms with Crippen molar-refractivity contribution in [3.63, 3.8) is 0 Å². The molecular weight excluding hydrogens is 382 g/mol. The van der Waals surface area contributed by atoms with Crippen molar-refractivity contribution < 1.29 is 18.0 Å². The van der Waals surface area contributed by atoms with Gasteiger partial charge in [0, 0.05) is 17.3 Å². The first-order chi connectivity index (χ1) is 14.0. The smallest absolute Gasteiger partial charge is 0.260 e. The van der Waals surface area contributed by atoms with Gasteiger partial charge in [-0.1, -0.05) is 6.07 Å². The van der Waals surface area contributed by atoms with Gasteiger partial charge in [0.25, 0.3) is 5.91 Å². The third-order valence-corrected chi connectivity index (χ3v) is 4.11. The fourth-order valence-corrected chi connectivity index (χ4v) is 2.64. The Bertz CT molecular complexity index is 1180. The molecule has 1 amide bonds. The fraction of sp³-hybridized carbons (Fsp3) is 0.0526. The van der Waals surface area contributed by atoms with E-state index < -0.39 is 23.2 Å². The molecule has 0 aliphatic carbocycles. The maximum atomic E-state index is 13.7. The van der Waals surface area contributed by atoms with Gasteiger partial charge in [0.05, 0.1) is 23.7 Å². The van der Waals surface area contributed by atoms with Crippen molar-refractivity contribution in [3.8, 4) is 22.7 Å². The van der Waals surface area contributed by atoms with E-state index in [-0.39, 0.29) is 5.82 Å². The van der Waals surface area contributed by atoms with E-state index in [1.165, 1.54) is 18.8 Å². The Morgan fingerprint density at radius 3 is 2.69 bits per heavy atom. The standard InChI is InChI=1S/C19H12F2N6O2/c1-10-2-3-11(19-27-25-9-29-19)6-13(10)14-7-24-15(8-23-14)26-18(28)12-4-5-22-17(21)16(12)20/h2-9H,1H3,(H,24,26,28). The second-order valence-electron chi connectivity index (χ2n) is 5.98. The number of benzene rings is 1. The van der Waals surface area contributed by atoms with Crippen molar-refractivity contribution in [2.24, 2.45) is 0 Å². The van der Waals surface area contributed by atoms with Crippen LogP contribution in [-0.2, 0) is 0 Å². The van der Waals surface area contributed by atoms with Gasteiger partial charge in [-0.3, -0.25) is 9.78 Å². The number of hydrogen-bond donors (Lipinski definition) is 1. The summed E-state index contributed by atoms with van der Waals surface area (Å²) in [6.07, 6.45) is 5.02. The predicted octanol–water partition coefficient (Wildman–Crippen LogP) is 3.43. The first-order valence-corrected chi connectivity index (χ1v) is 8.34. The molecule has 0 spiro atoms. The molecule has 29 heavy (non-hydrogen) atoms. The number of anilines is 1. The summed E-state index contributed by atoms with van der Waals surface area (Å²) >= 11 is 0. The van der Waals surface area contributed by atoms with Crippen molar-refractivity contribution in [2.75, 3.05) is 5.32 Å². The van der Waals surface area contributed by atoms with E-state index in [0.717, 1.165) is 29.0 Å². The normalized spacial score (nSPS) is 10.7. The highest BCUT2D eigenvalue weighted by atomic mass is 19.2. The number of carbonyl (C=O) groups excluding carboxylic acids is 1. The zero-order valence-electron chi connectivity index (χ0n) is 14.9. The maximum absolute atomic E-state index is 13.7. The first-order valence-electron chi connectivity index (χ1n) is 8.34. The highest BCUT2D eigenvalue weighted by molar-refractivity contribution is 6.03. The Balaban J connectivity index is 1.58. The number of rotatable bonds is 4. The van der Waals surface area contributed by atoms with Crippen LogP contribution in [0.5, 0.6) is 0 Å². The highest BCUT2D eigenvalue weighted by Crippen LogP contribution is 2.27. The number of halogens is 2. The van der Waals surface area contributed by atoms with E-state index in [9.17, 15) is 13.6 Å². The number of carbonyl (C=O) groups is 1. The van der Waals surface area contributed by atoms with Gasteiger partial charge in [0.1, 0.15) is 0 Å². The molecule has 0 radical (unpaired) electrons. The lowest BCUT2D eigenvalue weighted by molar-refractivity contribution is 0.102. The molecule has 0 aliphatic heterocycles. The van der Waals surface area contributed by atoms with Crippen molar-refractivity contribution in [2.45, 2.75) is 6.92 Å². The van der Waals surface area contributed by atoms with Crippen LogP contribution in [0.25, 0.3) is 22.7 Å². The van der Waals surface area contributed by atoms with E-state index in [0.29, 0.717) is 11.6 Å². The second-order valence-corrected chi connectivity index (χ2v) is 5.98. The number of nitrogens with zero attached hydrogens (tertiary/aromatic N) is 5. The third-order valence-electron chi connectivity index (χ3n) is 4.11. The molecule has 4 aromatic rings. The molecule has 0 unspecified atom stereocenters. The summed E-state index contributed by atoms with van der Waals surface area (Å²) in [7, 11) is 0. The quantitative estimate of drug-likeness (QED) is 0.529. The van der Waals surface area contributed by atoms with E-state index >= 15 is 0 Å². The number of nitrogens with one attached hydrogen (secondary N) is 1. The molecule has 0 saturated carbocycles. The van der Waals surface area contributed by atoms with E-state index in [1.54, 1.807) is 0 Å². The Morgan fingerprint density at radius 2 is 1.97 bits per heavy atom. The topological polar surface area (TPSA) is 107 Å². The number of hydrogen-bond acceptors (Lipinski definition) is 7. The van der Waals surface area contributed by atoms with Crippen molar-refractivity contribution in [1.29, 1.82) is 0 Å². The lowest BCUT2D eigenvalue weighted by Crippen LogP contribution is -2.16. The molecule has 3 aromatic heterocycles. The molecule has 10 heteroatoms. The molecule has 8 nitrogen and oxygen atoms in total. The van der Waals surface area contributed by atoms with Crippen LogP contribution in [0.15, 0.2) is 53.7 Å². The van der Waals surface area contributed by atoms with Gasteiger partial charge in [-0.05, 0) is 30.7 Å². The van der Waals surface area contributed by atoms with Crippen LogP contribution in [-0.4, -0.2) is 31.1 Å². The average Bonchev–Trinajstić information content (AvgIpc) is 3.26. The van der Waals surface area contributed by atoms with Gasteiger partial charge in [0.15, 0.2) is 11.6 Å². The molecule has 0 aliphatic rings. The molecule has 1 aromatic carbocycles. The van der Waals surface area contributed by atoms with E-state index in [1.807, 2.05) is 25.1 Å². The summed E-state index contributed by atoms with van der Waals surface area (Å²) in [5.74, 6) is -3.09. The summed E-state index contributed by atoms with van der Waals surface area (Å²) in [6, 6.07) is 6.63. The average molecular weight is 394 g/mol. The molecule has 1 N–H and O–H groups in total. The van der Waals surface area contributed by atoms with Crippen LogP contribution >= 0.6 is 0 Å². The zero-order valence-corrected chi connectivity index (χ0v) is 14.9. The molecule has 0 atom stereocenters. The highest BCUT2D eigenvalue weighted by Gasteiger charge is 2.17. The maximum Gasteiger partial charge on any atom is 0.260 e. The Hall–Kier alpha value is -4.08. The number of pyridine rings is 1. The molecule has 144 valence electrons. The number of aromatic nitrogens is 5. The Morgan fingerprint density at radius 1 is 1.10 bits per heavy atom. The van der Waals surface area contributed by atoms with E-state index in [4.69, 9.17) is 4.42 Å². The summed E-state index contributed by atoms with van der Waals surface area (Å²) < 4.78 is 32.1. The second kappa shape index (κ2) is 7.50. The lowest BCUT2D eigenvalue weighted by atomic mass is 10.0. The van der Waals surface area contributed by atoms with Crippen LogP contribution in [0, 0.1) is 18.7 Å². The molecule has 4 rings (SSSR count). The molecule has 0 saturated heterocycles. The first kappa shape index (κ1) is 18.3. The monoisotopic (exact) mass is 394 g/mol. The van der Waals surface area contributed by atoms with Gasteiger partial charge in [-0.25, -0.2) is 14.4 Å². The molecule has 0 bridgehead atoms. The minimum absolute atomic E-state index is 0.0843. The minimum Gasteiger partial charge on any atom is -0.423 e. The van der Waals surface area contributed by atoms with Crippen LogP contribution in [0.1, 0.15) is 15.9 Å². The predicted molar refractivity (Wildman–Crippen MR) is 97.6 cm³/mol. The molecule has 0 fully saturated rings. The van der Waals surface area contributed by atoms with Crippen molar-refractivity contribution in [1.82, 2.24) is 25.1 Å². The minimum atomic E-state index is -1.35. The van der Waals surface area contributed by atoms with Crippen LogP contribution < -0.4 is 5.32 Å². The molecular formula is C19H12F2N6O2. The third kappa shape index (κ3) is 3.68. The summed E-state index contributed by atoms with van der Waals surface area (Å²) in [6.45, 7) is 1.91. The van der Waals surface area contributed by atoms with Gasteiger partial charge in [-0.2, -0.15) is 4.39 Å². The number of amides is 1. The van der Waals surface area contributed by atoms with Crippen LogP contribution in [0.4, 0.5) is 14.6 Å². The van der Waals surface area contributed by atoms with Gasteiger partial charge < -0.3 is 9.73 Å². The number of aryl methyl sites for hydroxylation is 1. The molecule has 3 heterocycles. The van der Waals surface area contributed by atoms with Gasteiger partial charge in [-0.15, -0.1) is 10.2 Å². The lowest BCUT2D eigenvalue weighted by Gasteiger charge is -2.08. The van der Waals surface area contributed by atoms with Gasteiger partial charge >= 0.3 is 0 Å². The summed E-state index contributed by atoms with van der Waals surface area (Å²) in [5, 5.41) is 9.91. The van der Waals surface area contributed by atoms with Crippen LogP contribution in [0.3, 0.4) is 0 Å². The fourth-order valence-electron chi connectivity index (χ4n) is 2.64. The van der Waals surface area contributed by atoms with Crippen molar-refractivity contribution in [3.05, 3.63) is 72.1 Å². The summed E-state index contributed by atoms with van der Waals surface area (Å²) in [4.78, 5) is 23.7. The zero-order chi connectivity index (χ0) is 20.4. The Labute approximate surface area is 162 Å². The SMILES string of the molecule is Cc1ccc(-c2nnco2)cc1-c1cnc(NC(=O)c2ccnc(F)c2F)cn1. The van der Waals surface area contributed by atoms with E-state index in [2.05, 4.69) is 30.5 Å². The van der Waals surface area contributed by atoms with Crippen molar-refractivity contribution >= 4 is 11.7 Å².